The lowest BCUT2D eigenvalue weighted by atomic mass is 9.73. The lowest BCUT2D eigenvalue weighted by molar-refractivity contribution is -0.167. The molecule has 6 nitrogen and oxygen atoms in total. The number of aryl methyl sites for hydroxylation is 1. The van der Waals surface area contributed by atoms with E-state index in [0.29, 0.717) is 24.6 Å². The summed E-state index contributed by atoms with van der Waals surface area (Å²) in [6, 6.07) is 17.4. The van der Waals surface area contributed by atoms with Crippen LogP contribution in [0.1, 0.15) is 50.7 Å². The van der Waals surface area contributed by atoms with Crippen LogP contribution in [-0.4, -0.2) is 49.0 Å². The highest BCUT2D eigenvalue weighted by atomic mass is 16.6. The largest absolute Gasteiger partial charge is 0.465 e. The van der Waals surface area contributed by atoms with Gasteiger partial charge < -0.3 is 14.4 Å². The standard InChI is InChI=1S/C27H34N2O4/c1-5-8-18-29-19-23(21-12-10-9-11-13-21)27(25(30)32-6-2,26(31)33-7-3)24(29)28-22-16-14-20(4)15-17-22/h9-17,23H,5-8,18-19H2,1-4H3. The van der Waals surface area contributed by atoms with Gasteiger partial charge in [0, 0.05) is 19.0 Å². The number of carbonyl (C=O) groups is 2. The highest BCUT2D eigenvalue weighted by Crippen LogP contribution is 2.47. The van der Waals surface area contributed by atoms with Crippen LogP contribution in [0.2, 0.25) is 0 Å². The first-order chi connectivity index (χ1) is 16.0. The molecule has 6 heteroatoms. The van der Waals surface area contributed by atoms with Crippen molar-refractivity contribution >= 4 is 23.5 Å². The highest BCUT2D eigenvalue weighted by Gasteiger charge is 2.65. The van der Waals surface area contributed by atoms with E-state index >= 15 is 0 Å². The topological polar surface area (TPSA) is 68.2 Å². The third-order valence-electron chi connectivity index (χ3n) is 6.03. The lowest BCUT2D eigenvalue weighted by Crippen LogP contribution is -2.51. The van der Waals surface area contributed by atoms with Gasteiger partial charge in [0.2, 0.25) is 5.41 Å². The molecule has 0 amide bonds. The monoisotopic (exact) mass is 450 g/mol. The van der Waals surface area contributed by atoms with E-state index in [9.17, 15) is 9.59 Å². The number of ether oxygens (including phenoxy) is 2. The molecule has 3 rings (SSSR count). The second-order valence-electron chi connectivity index (χ2n) is 8.28. The van der Waals surface area contributed by atoms with Crippen LogP contribution in [0, 0.1) is 12.3 Å². The molecule has 0 saturated carbocycles. The van der Waals surface area contributed by atoms with Crippen molar-refractivity contribution in [3.05, 3.63) is 65.7 Å². The summed E-state index contributed by atoms with van der Waals surface area (Å²) in [6.07, 6.45) is 1.90. The predicted molar refractivity (Wildman–Crippen MR) is 130 cm³/mol. The Kier molecular flexibility index (Phi) is 8.26. The molecule has 1 aliphatic heterocycles. The zero-order valence-electron chi connectivity index (χ0n) is 20.0. The third-order valence-corrected chi connectivity index (χ3v) is 6.03. The number of unbranched alkanes of at least 4 members (excludes halogenated alkanes) is 1. The molecule has 1 heterocycles. The van der Waals surface area contributed by atoms with Crippen molar-refractivity contribution in [2.45, 2.75) is 46.5 Å². The summed E-state index contributed by atoms with van der Waals surface area (Å²) in [5.41, 5.74) is 1.00. The van der Waals surface area contributed by atoms with Crippen LogP contribution in [0.4, 0.5) is 5.69 Å². The van der Waals surface area contributed by atoms with Crippen molar-refractivity contribution in [2.24, 2.45) is 10.4 Å². The first-order valence-corrected chi connectivity index (χ1v) is 11.8. The molecule has 33 heavy (non-hydrogen) atoms. The molecule has 176 valence electrons. The van der Waals surface area contributed by atoms with Crippen LogP contribution in [0.5, 0.6) is 0 Å². The summed E-state index contributed by atoms with van der Waals surface area (Å²) in [7, 11) is 0. The highest BCUT2D eigenvalue weighted by molar-refractivity contribution is 6.24. The number of nitrogens with zero attached hydrogens (tertiary/aromatic N) is 2. The molecule has 2 aromatic carbocycles. The van der Waals surface area contributed by atoms with Gasteiger partial charge in [0.05, 0.1) is 18.9 Å². The molecule has 1 saturated heterocycles. The van der Waals surface area contributed by atoms with Crippen molar-refractivity contribution in [1.82, 2.24) is 4.90 Å². The summed E-state index contributed by atoms with van der Waals surface area (Å²) in [4.78, 5) is 34.4. The van der Waals surface area contributed by atoms with Crippen molar-refractivity contribution in [3.8, 4) is 0 Å². The number of carbonyl (C=O) groups excluding carboxylic acids is 2. The molecular weight excluding hydrogens is 416 g/mol. The summed E-state index contributed by atoms with van der Waals surface area (Å²) in [6.45, 7) is 9.10. The summed E-state index contributed by atoms with van der Waals surface area (Å²) >= 11 is 0. The Labute approximate surface area is 196 Å². The molecule has 0 aliphatic carbocycles. The quantitative estimate of drug-likeness (QED) is 0.396. The average molecular weight is 451 g/mol. The summed E-state index contributed by atoms with van der Waals surface area (Å²) in [5.74, 6) is -1.28. The van der Waals surface area contributed by atoms with Crippen LogP contribution in [0.15, 0.2) is 59.6 Å². The minimum absolute atomic E-state index is 0.161. The van der Waals surface area contributed by atoms with Gasteiger partial charge in [-0.1, -0.05) is 61.4 Å². The van der Waals surface area contributed by atoms with Crippen LogP contribution in [0.25, 0.3) is 0 Å². The molecule has 1 aliphatic rings. The number of benzene rings is 2. The molecule has 1 atom stereocenters. The average Bonchev–Trinajstić information content (AvgIpc) is 3.15. The minimum atomic E-state index is -1.67. The van der Waals surface area contributed by atoms with Gasteiger partial charge in [0.25, 0.3) is 0 Å². The Morgan fingerprint density at radius 1 is 0.970 bits per heavy atom. The van der Waals surface area contributed by atoms with Crippen LogP contribution < -0.4 is 0 Å². The number of esters is 2. The second kappa shape index (κ2) is 11.1. The molecule has 0 spiro atoms. The van der Waals surface area contributed by atoms with Gasteiger partial charge >= 0.3 is 11.9 Å². The Morgan fingerprint density at radius 3 is 2.12 bits per heavy atom. The maximum absolute atomic E-state index is 13.7. The van der Waals surface area contributed by atoms with E-state index in [1.165, 1.54) is 0 Å². The normalized spacial score (nSPS) is 18.4. The molecule has 0 bridgehead atoms. The zero-order chi connectivity index (χ0) is 23.8. The maximum Gasteiger partial charge on any atom is 0.332 e. The van der Waals surface area contributed by atoms with Crippen molar-refractivity contribution in [1.29, 1.82) is 0 Å². The number of amidine groups is 1. The minimum Gasteiger partial charge on any atom is -0.465 e. The molecule has 2 aromatic rings. The van der Waals surface area contributed by atoms with E-state index < -0.39 is 23.3 Å². The van der Waals surface area contributed by atoms with Gasteiger partial charge in [-0.05, 0) is 44.9 Å². The molecule has 1 unspecified atom stereocenters. The number of hydrogen-bond acceptors (Lipinski definition) is 5. The molecule has 0 N–H and O–H groups in total. The van der Waals surface area contributed by atoms with Gasteiger partial charge in [0.15, 0.2) is 0 Å². The van der Waals surface area contributed by atoms with Crippen molar-refractivity contribution < 1.29 is 19.1 Å². The Balaban J connectivity index is 2.28. The van der Waals surface area contributed by atoms with Gasteiger partial charge in [0.1, 0.15) is 5.84 Å². The fourth-order valence-corrected chi connectivity index (χ4v) is 4.38. The maximum atomic E-state index is 13.7. The number of aliphatic imine (C=N–C) groups is 1. The number of rotatable bonds is 9. The van der Waals surface area contributed by atoms with Gasteiger partial charge in [-0.25, -0.2) is 4.99 Å². The van der Waals surface area contributed by atoms with E-state index in [1.54, 1.807) is 13.8 Å². The number of hydrogen-bond donors (Lipinski definition) is 0. The van der Waals surface area contributed by atoms with E-state index in [2.05, 4.69) is 11.8 Å². The molecule has 1 fully saturated rings. The zero-order valence-corrected chi connectivity index (χ0v) is 20.0. The first-order valence-electron chi connectivity index (χ1n) is 11.8. The fourth-order valence-electron chi connectivity index (χ4n) is 4.38. The number of likely N-dealkylation sites (tertiary alicyclic amines) is 1. The summed E-state index contributed by atoms with van der Waals surface area (Å²) < 4.78 is 11.1. The van der Waals surface area contributed by atoms with Crippen LogP contribution in [-0.2, 0) is 19.1 Å². The molecular formula is C27H34N2O4. The van der Waals surface area contributed by atoms with Gasteiger partial charge in [-0.15, -0.1) is 0 Å². The van der Waals surface area contributed by atoms with E-state index in [0.717, 1.165) is 24.0 Å². The Morgan fingerprint density at radius 2 is 1.58 bits per heavy atom. The smallest absolute Gasteiger partial charge is 0.332 e. The van der Waals surface area contributed by atoms with Crippen molar-refractivity contribution in [2.75, 3.05) is 26.3 Å². The SMILES string of the molecule is CCCCN1CC(c2ccccc2)C(C(=O)OCC)(C(=O)OCC)C1=Nc1ccc(C)cc1. The van der Waals surface area contributed by atoms with Gasteiger partial charge in [-0.3, -0.25) is 9.59 Å². The van der Waals surface area contributed by atoms with Crippen LogP contribution >= 0.6 is 0 Å². The van der Waals surface area contributed by atoms with Crippen molar-refractivity contribution in [3.63, 3.8) is 0 Å². The Bertz CT molecular complexity index is 951. The molecule has 0 radical (unpaired) electrons. The third kappa shape index (κ3) is 4.95. The predicted octanol–water partition coefficient (Wildman–Crippen LogP) is 5.04. The van der Waals surface area contributed by atoms with Gasteiger partial charge in [-0.2, -0.15) is 0 Å². The van der Waals surface area contributed by atoms with Crippen LogP contribution in [0.3, 0.4) is 0 Å². The van der Waals surface area contributed by atoms with E-state index in [1.807, 2.05) is 61.5 Å². The van der Waals surface area contributed by atoms with E-state index in [-0.39, 0.29) is 13.2 Å². The molecule has 0 aromatic heterocycles. The summed E-state index contributed by atoms with van der Waals surface area (Å²) in [5, 5.41) is 0. The lowest BCUT2D eigenvalue weighted by Gasteiger charge is -2.31. The second-order valence-corrected chi connectivity index (χ2v) is 8.28. The fraction of sp³-hybridized carbons (Fsp3) is 0.444. The van der Waals surface area contributed by atoms with E-state index in [4.69, 9.17) is 14.5 Å². The first kappa shape index (κ1) is 24.5. The Hall–Kier alpha value is -3.15.